The molecule has 6 aliphatic heterocycles. The third kappa shape index (κ3) is 34.1. The summed E-state index contributed by atoms with van der Waals surface area (Å²) in [6.07, 6.45) is 2.78. The summed E-state index contributed by atoms with van der Waals surface area (Å²) in [7, 11) is 0. The molecule has 0 radical (unpaired) electrons. The van der Waals surface area contributed by atoms with Crippen LogP contribution in [0.5, 0.6) is 34.5 Å². The van der Waals surface area contributed by atoms with Gasteiger partial charge in [0.05, 0.1) is 62.8 Å². The highest BCUT2D eigenvalue weighted by atomic mass is 35.5. The van der Waals surface area contributed by atoms with Crippen molar-refractivity contribution in [3.63, 3.8) is 0 Å². The molecule has 762 valence electrons. The average molecular weight is 1970 g/mol. The lowest BCUT2D eigenvalue weighted by Crippen LogP contribution is -2.61. The molecule has 139 heavy (non-hydrogen) atoms. The summed E-state index contributed by atoms with van der Waals surface area (Å²) in [5.74, 6) is -11.6. The van der Waals surface area contributed by atoms with Crippen LogP contribution < -0.4 is 78.0 Å². The predicted octanol–water partition coefficient (Wildman–Crippen LogP) is 5.63. The largest absolute Gasteiger partial charge is 0.506 e. The summed E-state index contributed by atoms with van der Waals surface area (Å²) >= 11 is 6.15. The molecular formula is C99H134ClF6N15O18. The number of phenols is 3. The van der Waals surface area contributed by atoms with Gasteiger partial charge >= 0.3 is 0 Å². The van der Waals surface area contributed by atoms with Crippen molar-refractivity contribution in [2.24, 2.45) is 17.8 Å². The fourth-order valence-electron chi connectivity index (χ4n) is 16.7. The van der Waals surface area contributed by atoms with Crippen molar-refractivity contribution in [1.82, 2.24) is 78.5 Å². The van der Waals surface area contributed by atoms with Crippen LogP contribution in [0.3, 0.4) is 0 Å². The molecule has 0 saturated carbocycles. The molecule has 33 nitrogen and oxygen atoms in total. The van der Waals surface area contributed by atoms with E-state index >= 15 is 0 Å². The Labute approximate surface area is 811 Å². The van der Waals surface area contributed by atoms with E-state index in [1.165, 1.54) is 36.4 Å². The van der Waals surface area contributed by atoms with Gasteiger partial charge in [-0.2, -0.15) is 0 Å². The number of nitrogens with zero attached hydrogens (tertiary/aromatic N) is 3. The number of benzene rings is 6. The molecular weight excluding hydrogens is 1840 g/mol. The van der Waals surface area contributed by atoms with Gasteiger partial charge in [0.1, 0.15) is 61.8 Å². The first-order valence-corrected chi connectivity index (χ1v) is 48.0. The highest BCUT2D eigenvalue weighted by Gasteiger charge is 2.39. The van der Waals surface area contributed by atoms with Crippen LogP contribution in [0.1, 0.15) is 115 Å². The number of rotatable bonds is 15. The maximum absolute atomic E-state index is 14.9. The fraction of sp³-hybridized carbons (Fsp3) is 0.545. The lowest BCUT2D eigenvalue weighted by Gasteiger charge is -2.32. The first-order chi connectivity index (χ1) is 66.4. The molecule has 40 heteroatoms. The Morgan fingerprint density at radius 3 is 0.950 bits per heavy atom. The van der Waals surface area contributed by atoms with Crippen molar-refractivity contribution in [3.8, 4) is 34.5 Å². The van der Waals surface area contributed by atoms with E-state index < -0.39 is 166 Å². The Bertz CT molecular complexity index is 4870. The smallest absolute Gasteiger partial charge is 0.243 e. The summed E-state index contributed by atoms with van der Waals surface area (Å²) in [6.45, 7) is 24.3. The molecule has 0 bridgehead atoms. The Morgan fingerprint density at radius 1 is 0.353 bits per heavy atom. The molecule has 6 aromatic rings. The maximum Gasteiger partial charge on any atom is 0.243 e. The van der Waals surface area contributed by atoms with Gasteiger partial charge in [-0.1, -0.05) is 102 Å². The number of para-hydroxylation sites is 3. The summed E-state index contributed by atoms with van der Waals surface area (Å²) in [6, 6.07) is 14.3. The molecule has 12 rings (SSSR count). The molecule has 9 amide bonds. The SMILES string of the molecule is CC(C)[C@H]1NC(=O)[C@@H](Cc2cc(F)c(O)c(F)c2)N[C@@H](C)COc2c(F)cccc2CCCNC(=O)[C@H](CN2CCOCC2)NC1=O.CC(C)[C@H]1NC(=O)[C@@H](Cc2ccc(O)c(Cl)c2)N[C@@H](C)COc2c(F)cccc2CCCNC(=O)[C@H](CN2CCOCC2)NC1=O.CC(C)[C@H]1NC(=O)[C@@H](Cc2ccc(O)c(F)c2)N[C@@H](C)COc2c(F)cccc2CCCNC(=O)[C@H](CN2CCOCC2)NC1=O. The average Bonchev–Trinajstić information content (AvgIpc) is 0.830. The van der Waals surface area contributed by atoms with Gasteiger partial charge in [-0.05, 0) is 184 Å². The fourth-order valence-corrected chi connectivity index (χ4v) is 16.9. The highest BCUT2D eigenvalue weighted by Crippen LogP contribution is 2.31. The molecule has 0 unspecified atom stereocenters. The van der Waals surface area contributed by atoms with Gasteiger partial charge in [0.15, 0.2) is 63.7 Å². The maximum atomic E-state index is 14.9. The number of nitrogens with one attached hydrogen (secondary N) is 12. The zero-order chi connectivity index (χ0) is 101. The highest BCUT2D eigenvalue weighted by molar-refractivity contribution is 6.32. The topological polar surface area (TPSA) is 424 Å². The van der Waals surface area contributed by atoms with E-state index in [2.05, 4.69) is 68.7 Å². The first-order valence-electron chi connectivity index (χ1n) is 47.6. The van der Waals surface area contributed by atoms with Crippen LogP contribution in [0, 0.1) is 52.7 Å². The van der Waals surface area contributed by atoms with Crippen molar-refractivity contribution in [2.75, 3.05) is 138 Å². The number of morpholine rings is 3. The lowest BCUT2D eigenvalue weighted by molar-refractivity contribution is -0.134. The minimum atomic E-state index is -1.19. The van der Waals surface area contributed by atoms with Crippen LogP contribution in [-0.2, 0) is 95.9 Å². The van der Waals surface area contributed by atoms with E-state index in [0.717, 1.165) is 18.2 Å². The first kappa shape index (κ1) is 110. The zero-order valence-electron chi connectivity index (χ0n) is 80.1. The van der Waals surface area contributed by atoms with Crippen LogP contribution in [0.2, 0.25) is 5.02 Å². The number of carbonyl (C=O) groups is 9. The Kier molecular flexibility index (Phi) is 43.1. The second-order valence-corrected chi connectivity index (χ2v) is 37.3. The van der Waals surface area contributed by atoms with Gasteiger partial charge in [-0.25, -0.2) is 26.3 Å². The minimum Gasteiger partial charge on any atom is -0.506 e. The molecule has 6 aromatic carbocycles. The van der Waals surface area contributed by atoms with Gasteiger partial charge in [0.25, 0.3) is 0 Å². The van der Waals surface area contributed by atoms with Gasteiger partial charge in [-0.3, -0.25) is 73.8 Å². The third-order valence-corrected chi connectivity index (χ3v) is 24.7. The number of halogens is 7. The van der Waals surface area contributed by atoms with E-state index in [-0.39, 0.29) is 122 Å². The zero-order valence-corrected chi connectivity index (χ0v) is 80.9. The second-order valence-electron chi connectivity index (χ2n) is 36.9. The summed E-state index contributed by atoms with van der Waals surface area (Å²) in [4.78, 5) is 129. The van der Waals surface area contributed by atoms with E-state index in [1.54, 1.807) is 90.1 Å². The van der Waals surface area contributed by atoms with Crippen LogP contribution in [0.25, 0.3) is 0 Å². The normalized spacial score (nSPS) is 24.4. The van der Waals surface area contributed by atoms with Gasteiger partial charge in [0.2, 0.25) is 53.2 Å². The molecule has 0 aromatic heterocycles. The lowest BCUT2D eigenvalue weighted by atomic mass is 10.00. The van der Waals surface area contributed by atoms with E-state index in [4.69, 9.17) is 40.0 Å². The number of phenolic OH excluding ortho intramolecular Hbond substituents is 3. The van der Waals surface area contributed by atoms with Crippen molar-refractivity contribution in [1.29, 1.82) is 0 Å². The molecule has 3 fully saturated rings. The number of fused-ring (bicyclic) bond motifs is 3. The molecule has 12 atom stereocenters. The van der Waals surface area contributed by atoms with Crippen LogP contribution in [-0.4, -0.2) is 294 Å². The number of amides is 9. The van der Waals surface area contributed by atoms with Crippen molar-refractivity contribution >= 4 is 64.8 Å². The van der Waals surface area contributed by atoms with E-state index in [0.29, 0.717) is 158 Å². The van der Waals surface area contributed by atoms with Gasteiger partial charge < -0.3 is 91.6 Å². The molecule has 0 aliphatic carbocycles. The standard InChI is InChI=1S/C33H45ClFN5O6.C33H44F3N5O6.C33H45F2N5O6/c1-20(2)29-33(44)38-27(18-40-12-14-45-15-13-40)31(42)36-11-5-7-23-6-4-8-25(35)30(23)46-19-21(3)37-26(32(43)39-29)17-22-9-10-28(41)24(34)16-22;1-19(2)28-33(45)39-27(17-41-10-12-46-13-11-41)31(43)37-9-5-7-22-6-4-8-23(34)30(22)47-18-20(3)38-26(32(44)40-28)16-21-14-24(35)29(42)25(36)15-21;1-20(2)29-33(44)38-27(18-40-12-14-45-15-13-40)31(42)36-11-5-7-23-6-4-8-24(34)30(23)46-19-21(3)37-26(32(43)39-29)17-22-9-10-28(41)25(35)16-22/h4,6,8-10,16,20-21,26-27,29,37,41H,5,7,11-15,17-19H2,1-3H3,(H,36,42)(H,38,44)(H,39,43);4,6,8,14-15,19-20,26-28,38,42H,5,7,9-13,16-18H2,1-3H3,(H,37,43)(H,39,45)(H,40,44);4,6,8-10,16,20-21,26-27,29,37,41H,5,7,11-15,17-19H2,1-3H3,(H,36,42)(H,38,44)(H,39,43)/t21-,26+,27-,29+;20-,26+,27-,28+;21-,26+,27-,29+/m000/s1. The monoisotopic (exact) mass is 1970 g/mol. The molecule has 6 aliphatic rings. The molecule has 3 saturated heterocycles. The number of aromatic hydroxyl groups is 3. The number of carbonyl (C=O) groups excluding carboxylic acids is 9. The second kappa shape index (κ2) is 54.6. The molecule has 0 spiro atoms. The van der Waals surface area contributed by atoms with E-state index in [1.807, 2.05) is 30.6 Å². The molecule has 6 heterocycles. The number of ether oxygens (including phenoxy) is 6. The Morgan fingerprint density at radius 2 is 0.647 bits per heavy atom. The van der Waals surface area contributed by atoms with E-state index in [9.17, 15) is 84.8 Å². The number of aryl methyl sites for hydroxylation is 3. The predicted molar refractivity (Wildman–Crippen MR) is 507 cm³/mol. The minimum absolute atomic E-state index is 0.00963. The van der Waals surface area contributed by atoms with Crippen molar-refractivity contribution in [3.05, 3.63) is 176 Å². The van der Waals surface area contributed by atoms with Crippen LogP contribution in [0.4, 0.5) is 26.3 Å². The van der Waals surface area contributed by atoms with Gasteiger partial charge in [-0.15, -0.1) is 0 Å². The summed E-state index contributed by atoms with van der Waals surface area (Å²) < 4.78 is 121. The number of hydrogen-bond acceptors (Lipinski definition) is 24. The van der Waals surface area contributed by atoms with Crippen molar-refractivity contribution in [2.45, 2.75) is 193 Å². The van der Waals surface area contributed by atoms with Crippen molar-refractivity contribution < 1.29 is 113 Å². The quantitative estimate of drug-likeness (QED) is 0.0554. The Hall–Kier alpha value is -11.1. The Balaban J connectivity index is 0.000000215. The third-order valence-electron chi connectivity index (χ3n) is 24.4. The van der Waals surface area contributed by atoms with Crippen LogP contribution >= 0.6 is 11.6 Å². The summed E-state index contributed by atoms with van der Waals surface area (Å²) in [5, 5.41) is 64.6. The van der Waals surface area contributed by atoms with Gasteiger partial charge in [0, 0.05) is 96.7 Å². The number of hydrogen-bond donors (Lipinski definition) is 15. The molecule has 15 N–H and O–H groups in total. The summed E-state index contributed by atoms with van der Waals surface area (Å²) in [5.41, 5.74) is 3.07. The van der Waals surface area contributed by atoms with Crippen LogP contribution in [0.15, 0.2) is 103 Å².